The van der Waals surface area contributed by atoms with E-state index in [2.05, 4.69) is 0 Å². The average molecular weight is 222 g/mol. The summed E-state index contributed by atoms with van der Waals surface area (Å²) in [4.78, 5) is 1.93. The molecule has 1 aromatic carbocycles. The fourth-order valence-electron chi connectivity index (χ4n) is 1.55. The van der Waals surface area contributed by atoms with Crippen molar-refractivity contribution in [2.75, 3.05) is 24.6 Å². The van der Waals surface area contributed by atoms with Gasteiger partial charge in [0.15, 0.2) is 0 Å². The molecule has 3 nitrogen and oxygen atoms in total. The van der Waals surface area contributed by atoms with E-state index in [0.717, 1.165) is 0 Å². The van der Waals surface area contributed by atoms with Gasteiger partial charge in [-0.3, -0.25) is 0 Å². The van der Waals surface area contributed by atoms with Crippen molar-refractivity contribution in [2.45, 2.75) is 13.3 Å². The van der Waals surface area contributed by atoms with E-state index in [1.165, 1.54) is 12.1 Å². The van der Waals surface area contributed by atoms with Crippen LogP contribution in [0.2, 0.25) is 0 Å². The molecule has 0 radical (unpaired) electrons. The van der Waals surface area contributed by atoms with Gasteiger partial charge in [-0.1, -0.05) is 0 Å². The molecule has 86 valence electrons. The summed E-state index contributed by atoms with van der Waals surface area (Å²) < 4.78 is 13.2. The second-order valence-corrected chi connectivity index (χ2v) is 3.47. The summed E-state index contributed by atoms with van der Waals surface area (Å²) in [7, 11) is 0. The molecule has 16 heavy (non-hydrogen) atoms. The molecule has 0 heterocycles. The van der Waals surface area contributed by atoms with Gasteiger partial charge in [0, 0.05) is 25.4 Å². The lowest BCUT2D eigenvalue weighted by molar-refractivity contribution is 0.289. The number of benzene rings is 1. The quantitative estimate of drug-likeness (QED) is 0.827. The van der Waals surface area contributed by atoms with Gasteiger partial charge in [0.25, 0.3) is 0 Å². The first-order valence-electron chi connectivity index (χ1n) is 5.27. The molecule has 0 aromatic heterocycles. The summed E-state index contributed by atoms with van der Waals surface area (Å²) in [5.41, 5.74) is 1.00. The molecule has 0 saturated heterocycles. The van der Waals surface area contributed by atoms with Crippen molar-refractivity contribution in [3.8, 4) is 6.07 Å². The van der Waals surface area contributed by atoms with Crippen LogP contribution in [0.1, 0.15) is 18.9 Å². The Balaban J connectivity index is 2.91. The van der Waals surface area contributed by atoms with Crippen LogP contribution < -0.4 is 4.90 Å². The van der Waals surface area contributed by atoms with Crippen LogP contribution in [0, 0.1) is 17.1 Å². The number of hydrogen-bond donors (Lipinski definition) is 1. The molecule has 0 amide bonds. The van der Waals surface area contributed by atoms with Gasteiger partial charge in [0.2, 0.25) is 0 Å². The molecule has 0 saturated carbocycles. The first kappa shape index (κ1) is 12.5. The number of aliphatic hydroxyl groups excluding tert-OH is 1. The summed E-state index contributed by atoms with van der Waals surface area (Å²) in [5, 5.41) is 17.5. The van der Waals surface area contributed by atoms with E-state index in [1.54, 1.807) is 6.07 Å². The van der Waals surface area contributed by atoms with Crippen LogP contribution in [0.3, 0.4) is 0 Å². The van der Waals surface area contributed by atoms with Crippen molar-refractivity contribution >= 4 is 5.69 Å². The minimum atomic E-state index is -0.406. The first-order chi connectivity index (χ1) is 7.71. The Hall–Kier alpha value is -1.60. The van der Waals surface area contributed by atoms with Crippen molar-refractivity contribution < 1.29 is 9.50 Å². The molecule has 0 fully saturated rings. The highest BCUT2D eigenvalue weighted by Gasteiger charge is 2.07. The molecule has 1 N–H and O–H groups in total. The standard InChI is InChI=1S/C12H15FN2O/c1-2-15(4-3-5-16)12-7-10(9-14)6-11(13)8-12/h6-8,16H,2-5H2,1H3. The largest absolute Gasteiger partial charge is 0.396 e. The van der Waals surface area contributed by atoms with Crippen LogP contribution in [-0.4, -0.2) is 24.8 Å². The Kier molecular flexibility index (Phi) is 4.74. The lowest BCUT2D eigenvalue weighted by atomic mass is 10.2. The number of rotatable bonds is 5. The lowest BCUT2D eigenvalue weighted by Crippen LogP contribution is -2.24. The number of anilines is 1. The smallest absolute Gasteiger partial charge is 0.126 e. The zero-order chi connectivity index (χ0) is 12.0. The lowest BCUT2D eigenvalue weighted by Gasteiger charge is -2.22. The number of hydrogen-bond acceptors (Lipinski definition) is 3. The van der Waals surface area contributed by atoms with E-state index in [9.17, 15) is 4.39 Å². The van der Waals surface area contributed by atoms with Crippen LogP contribution in [0.15, 0.2) is 18.2 Å². The van der Waals surface area contributed by atoms with E-state index in [-0.39, 0.29) is 6.61 Å². The predicted octanol–water partition coefficient (Wildman–Crippen LogP) is 1.91. The van der Waals surface area contributed by atoms with E-state index in [0.29, 0.717) is 30.8 Å². The highest BCUT2D eigenvalue weighted by Crippen LogP contribution is 2.18. The van der Waals surface area contributed by atoms with Crippen LogP contribution in [0.4, 0.5) is 10.1 Å². The van der Waals surface area contributed by atoms with Gasteiger partial charge < -0.3 is 10.0 Å². The average Bonchev–Trinajstić information content (AvgIpc) is 2.29. The molecule has 0 aliphatic carbocycles. The molecule has 0 aliphatic heterocycles. The minimum Gasteiger partial charge on any atom is -0.396 e. The van der Waals surface area contributed by atoms with Gasteiger partial charge in [0.1, 0.15) is 5.82 Å². The van der Waals surface area contributed by atoms with Crippen LogP contribution in [0.5, 0.6) is 0 Å². The van der Waals surface area contributed by atoms with Gasteiger partial charge in [-0.25, -0.2) is 4.39 Å². The third kappa shape index (κ3) is 3.21. The Morgan fingerprint density at radius 3 is 2.75 bits per heavy atom. The Bertz CT molecular complexity index is 387. The Morgan fingerprint density at radius 2 is 2.19 bits per heavy atom. The molecule has 1 aromatic rings. The second-order valence-electron chi connectivity index (χ2n) is 3.47. The normalized spacial score (nSPS) is 9.88. The summed E-state index contributed by atoms with van der Waals surface area (Å²) in [6.07, 6.45) is 0.631. The van der Waals surface area contributed by atoms with Crippen molar-refractivity contribution in [2.24, 2.45) is 0 Å². The van der Waals surface area contributed by atoms with Gasteiger partial charge in [0.05, 0.1) is 11.6 Å². The number of aliphatic hydroxyl groups is 1. The zero-order valence-corrected chi connectivity index (χ0v) is 9.28. The SMILES string of the molecule is CCN(CCCO)c1cc(F)cc(C#N)c1. The number of halogens is 1. The van der Waals surface area contributed by atoms with Crippen molar-refractivity contribution in [3.05, 3.63) is 29.6 Å². The summed E-state index contributed by atoms with van der Waals surface area (Å²) in [6.45, 7) is 3.43. The maximum atomic E-state index is 13.2. The summed E-state index contributed by atoms with van der Waals surface area (Å²) >= 11 is 0. The fraction of sp³-hybridized carbons (Fsp3) is 0.417. The zero-order valence-electron chi connectivity index (χ0n) is 9.28. The highest BCUT2D eigenvalue weighted by atomic mass is 19.1. The molecule has 0 bridgehead atoms. The monoisotopic (exact) mass is 222 g/mol. The summed E-state index contributed by atoms with van der Waals surface area (Å²) in [5.74, 6) is -0.406. The van der Waals surface area contributed by atoms with Crippen molar-refractivity contribution in [1.29, 1.82) is 5.26 Å². The second kappa shape index (κ2) is 6.09. The van der Waals surface area contributed by atoms with Gasteiger partial charge >= 0.3 is 0 Å². The molecule has 0 unspecified atom stereocenters. The molecule has 0 atom stereocenters. The maximum Gasteiger partial charge on any atom is 0.126 e. The van der Waals surface area contributed by atoms with E-state index in [4.69, 9.17) is 10.4 Å². The minimum absolute atomic E-state index is 0.108. The van der Waals surface area contributed by atoms with Crippen LogP contribution in [0.25, 0.3) is 0 Å². The fourth-order valence-corrected chi connectivity index (χ4v) is 1.55. The van der Waals surface area contributed by atoms with Gasteiger partial charge in [-0.15, -0.1) is 0 Å². The third-order valence-electron chi connectivity index (χ3n) is 2.34. The Morgan fingerprint density at radius 1 is 1.44 bits per heavy atom. The molecular formula is C12H15FN2O. The third-order valence-corrected chi connectivity index (χ3v) is 2.34. The topological polar surface area (TPSA) is 47.3 Å². The maximum absolute atomic E-state index is 13.2. The number of nitrogens with zero attached hydrogens (tertiary/aromatic N) is 2. The summed E-state index contributed by atoms with van der Waals surface area (Å²) in [6, 6.07) is 6.20. The first-order valence-corrected chi connectivity index (χ1v) is 5.27. The van der Waals surface area contributed by atoms with Crippen LogP contribution in [-0.2, 0) is 0 Å². The van der Waals surface area contributed by atoms with E-state index < -0.39 is 5.82 Å². The molecule has 1 rings (SSSR count). The van der Waals surface area contributed by atoms with Gasteiger partial charge in [-0.2, -0.15) is 5.26 Å². The highest BCUT2D eigenvalue weighted by molar-refractivity contribution is 5.51. The van der Waals surface area contributed by atoms with Crippen molar-refractivity contribution in [3.63, 3.8) is 0 Å². The molecule has 4 heteroatoms. The van der Waals surface area contributed by atoms with Crippen molar-refractivity contribution in [1.82, 2.24) is 0 Å². The van der Waals surface area contributed by atoms with E-state index in [1.807, 2.05) is 17.9 Å². The Labute approximate surface area is 94.7 Å². The predicted molar refractivity (Wildman–Crippen MR) is 60.7 cm³/mol. The van der Waals surface area contributed by atoms with Gasteiger partial charge in [-0.05, 0) is 31.5 Å². The molecule has 0 spiro atoms. The number of nitriles is 1. The molecule has 0 aliphatic rings. The van der Waals surface area contributed by atoms with Crippen LogP contribution >= 0.6 is 0 Å². The van der Waals surface area contributed by atoms with E-state index >= 15 is 0 Å². The molecular weight excluding hydrogens is 207 g/mol.